The Kier molecular flexibility index (Phi) is 1.80. The average Bonchev–Trinajstić information content (AvgIpc) is 1.86. The highest BCUT2D eigenvalue weighted by molar-refractivity contribution is 5.11. The van der Waals surface area contributed by atoms with Gasteiger partial charge in [-0.05, 0) is 0 Å². The van der Waals surface area contributed by atoms with Crippen molar-refractivity contribution >= 4 is 0 Å². The molecule has 1 heterocycles. The van der Waals surface area contributed by atoms with Crippen LogP contribution < -0.4 is 0 Å². The zero-order valence-corrected chi connectivity index (χ0v) is 5.11. The molecule has 1 rings (SSSR count). The summed E-state index contributed by atoms with van der Waals surface area (Å²) in [6, 6.07) is 1.49. The lowest BCUT2D eigenvalue weighted by Gasteiger charge is -2.03. The number of aromatic nitrogens is 1. The van der Waals surface area contributed by atoms with Crippen LogP contribution in [0, 0.1) is 11.9 Å². The first-order valence-corrected chi connectivity index (χ1v) is 2.60. The van der Waals surface area contributed by atoms with Gasteiger partial charge in [-0.1, -0.05) is 0 Å². The third-order valence-electron chi connectivity index (χ3n) is 0.951. The summed E-state index contributed by atoms with van der Waals surface area (Å²) < 4.78 is 47.3. The van der Waals surface area contributed by atoms with Crippen molar-refractivity contribution in [1.29, 1.82) is 0 Å². The van der Waals surface area contributed by atoms with Crippen LogP contribution in [0.2, 0.25) is 0 Å². The van der Waals surface area contributed by atoms with Crippen molar-refractivity contribution in [2.45, 2.75) is 6.18 Å². The lowest BCUT2D eigenvalue weighted by molar-refractivity contribution is -0.138. The molecule has 0 saturated heterocycles. The lowest BCUT2D eigenvalue weighted by Crippen LogP contribution is -2.05. The summed E-state index contributed by atoms with van der Waals surface area (Å²) in [6.07, 6.45) is -3.40. The number of rotatable bonds is 0. The lowest BCUT2D eigenvalue weighted by atomic mass is 10.3. The maximum Gasteiger partial charge on any atom is 0.418 e. The van der Waals surface area contributed by atoms with E-state index >= 15 is 0 Å². The molecule has 11 heavy (non-hydrogen) atoms. The number of alkyl halides is 3. The monoisotopic (exact) mass is 164 g/mol. The van der Waals surface area contributed by atoms with Gasteiger partial charge in [0, 0.05) is 12.3 Å². The largest absolute Gasteiger partial charge is 0.418 e. The minimum Gasteiger partial charge on any atom is -0.261 e. The van der Waals surface area contributed by atoms with Gasteiger partial charge in [0.2, 0.25) is 0 Å². The van der Waals surface area contributed by atoms with E-state index < -0.39 is 17.6 Å². The molecule has 1 aromatic rings. The molecule has 0 atom stereocenters. The van der Waals surface area contributed by atoms with Gasteiger partial charge in [0.1, 0.15) is 5.82 Å². The highest BCUT2D eigenvalue weighted by Gasteiger charge is 2.31. The van der Waals surface area contributed by atoms with Crippen LogP contribution in [-0.4, -0.2) is 4.98 Å². The first-order valence-electron chi connectivity index (χ1n) is 2.60. The molecule has 0 bridgehead atoms. The Morgan fingerprint density at radius 1 is 1.27 bits per heavy atom. The third-order valence-corrected chi connectivity index (χ3v) is 0.951. The SMILES string of the molecule is Fc1[c]c(C(F)(F)F)cnc1. The predicted molar refractivity (Wildman–Crippen MR) is 28.0 cm³/mol. The minimum absolute atomic E-state index is 0.517. The molecule has 0 aliphatic heterocycles. The number of hydrogen-bond donors (Lipinski definition) is 0. The second kappa shape index (κ2) is 2.48. The molecule has 0 saturated carbocycles. The van der Waals surface area contributed by atoms with Gasteiger partial charge >= 0.3 is 6.18 Å². The van der Waals surface area contributed by atoms with Crippen molar-refractivity contribution in [3.63, 3.8) is 0 Å². The third kappa shape index (κ3) is 1.89. The molecular weight excluding hydrogens is 162 g/mol. The number of hydrogen-bond acceptors (Lipinski definition) is 1. The van der Waals surface area contributed by atoms with E-state index in [-0.39, 0.29) is 0 Å². The van der Waals surface area contributed by atoms with E-state index in [9.17, 15) is 17.6 Å². The topological polar surface area (TPSA) is 12.9 Å². The second-order valence-electron chi connectivity index (χ2n) is 1.79. The Balaban J connectivity index is 3.06. The standard InChI is InChI=1S/C6H2F4N/c7-5-1-4(2-11-3-5)6(8,9)10/h2-3H. The molecule has 0 aliphatic carbocycles. The molecule has 0 spiro atoms. The second-order valence-corrected chi connectivity index (χ2v) is 1.79. The molecule has 1 radical (unpaired) electrons. The van der Waals surface area contributed by atoms with Crippen molar-refractivity contribution in [2.75, 3.05) is 0 Å². The van der Waals surface area contributed by atoms with Gasteiger partial charge in [-0.15, -0.1) is 0 Å². The zero-order chi connectivity index (χ0) is 8.48. The van der Waals surface area contributed by atoms with Crippen LogP contribution in [0.5, 0.6) is 0 Å². The van der Waals surface area contributed by atoms with Crippen LogP contribution >= 0.6 is 0 Å². The molecule has 5 heteroatoms. The van der Waals surface area contributed by atoms with Gasteiger partial charge in [0.25, 0.3) is 0 Å². The number of halogens is 4. The van der Waals surface area contributed by atoms with Crippen molar-refractivity contribution in [3.05, 3.63) is 29.8 Å². The van der Waals surface area contributed by atoms with Crippen LogP contribution in [-0.2, 0) is 6.18 Å². The molecule has 0 unspecified atom stereocenters. The van der Waals surface area contributed by atoms with E-state index in [0.717, 1.165) is 0 Å². The molecule has 0 N–H and O–H groups in total. The Labute approximate surface area is 59.7 Å². The fraction of sp³-hybridized carbons (Fsp3) is 0.167. The molecule has 0 aliphatic rings. The van der Waals surface area contributed by atoms with Crippen LogP contribution in [0.15, 0.2) is 12.4 Å². The quantitative estimate of drug-likeness (QED) is 0.534. The van der Waals surface area contributed by atoms with Crippen molar-refractivity contribution < 1.29 is 17.6 Å². The molecule has 1 aromatic heterocycles. The van der Waals surface area contributed by atoms with Crippen LogP contribution in [0.25, 0.3) is 0 Å². The minimum atomic E-state index is -4.57. The maximum atomic E-state index is 12.1. The summed E-state index contributed by atoms with van der Waals surface area (Å²) in [5.41, 5.74) is -1.20. The first-order chi connectivity index (χ1) is 5.00. The van der Waals surface area contributed by atoms with Gasteiger partial charge in [-0.2, -0.15) is 13.2 Å². The van der Waals surface area contributed by atoms with E-state index in [4.69, 9.17) is 0 Å². The van der Waals surface area contributed by atoms with Gasteiger partial charge < -0.3 is 0 Å². The van der Waals surface area contributed by atoms with E-state index in [1.54, 1.807) is 0 Å². The van der Waals surface area contributed by atoms with Gasteiger partial charge in [-0.3, -0.25) is 4.98 Å². The van der Waals surface area contributed by atoms with Crippen LogP contribution in [0.1, 0.15) is 5.56 Å². The Morgan fingerprint density at radius 3 is 2.27 bits per heavy atom. The Hall–Kier alpha value is -1.13. The van der Waals surface area contributed by atoms with Gasteiger partial charge in [0.05, 0.1) is 11.8 Å². The van der Waals surface area contributed by atoms with Gasteiger partial charge in [0.15, 0.2) is 0 Å². The molecular formula is C6H2F4N. The van der Waals surface area contributed by atoms with Crippen molar-refractivity contribution in [3.8, 4) is 0 Å². The Morgan fingerprint density at radius 2 is 1.91 bits per heavy atom. The van der Waals surface area contributed by atoms with Crippen molar-refractivity contribution in [1.82, 2.24) is 4.98 Å². The molecule has 1 nitrogen and oxygen atoms in total. The Bertz CT molecular complexity index is 255. The smallest absolute Gasteiger partial charge is 0.261 e. The van der Waals surface area contributed by atoms with E-state index in [1.807, 2.05) is 0 Å². The predicted octanol–water partition coefficient (Wildman–Crippen LogP) is 2.04. The molecule has 0 amide bonds. The maximum absolute atomic E-state index is 12.1. The fourth-order valence-electron chi connectivity index (χ4n) is 0.515. The molecule has 0 aromatic carbocycles. The summed E-state index contributed by atoms with van der Waals surface area (Å²) in [6.45, 7) is 0. The van der Waals surface area contributed by atoms with Crippen molar-refractivity contribution in [2.24, 2.45) is 0 Å². The molecule has 59 valence electrons. The molecule has 0 fully saturated rings. The fourth-order valence-corrected chi connectivity index (χ4v) is 0.515. The summed E-state index contributed by atoms with van der Waals surface area (Å²) in [4.78, 5) is 3.02. The normalized spacial score (nSPS) is 11.6. The van der Waals surface area contributed by atoms with Crippen LogP contribution in [0.3, 0.4) is 0 Å². The first kappa shape index (κ1) is 7.97. The number of nitrogens with zero attached hydrogens (tertiary/aromatic N) is 1. The summed E-state index contributed by atoms with van der Waals surface area (Å²) in [5.74, 6) is -1.11. The summed E-state index contributed by atoms with van der Waals surface area (Å²) in [5, 5.41) is 0. The van der Waals surface area contributed by atoms with Crippen LogP contribution in [0.4, 0.5) is 17.6 Å². The zero-order valence-electron chi connectivity index (χ0n) is 5.11. The number of pyridine rings is 1. The van der Waals surface area contributed by atoms with E-state index in [0.29, 0.717) is 12.4 Å². The summed E-state index contributed by atoms with van der Waals surface area (Å²) in [7, 11) is 0. The van der Waals surface area contributed by atoms with Gasteiger partial charge in [-0.25, -0.2) is 4.39 Å². The highest BCUT2D eigenvalue weighted by atomic mass is 19.4. The average molecular weight is 164 g/mol. The highest BCUT2D eigenvalue weighted by Crippen LogP contribution is 2.27. The van der Waals surface area contributed by atoms with E-state index in [2.05, 4.69) is 4.98 Å². The van der Waals surface area contributed by atoms with E-state index in [1.165, 1.54) is 6.07 Å². The summed E-state index contributed by atoms with van der Waals surface area (Å²) >= 11 is 0.